The maximum absolute atomic E-state index is 6.35. The molecule has 1 atom stereocenters. The van der Waals surface area contributed by atoms with Crippen molar-refractivity contribution in [3.05, 3.63) is 64.3 Å². The van der Waals surface area contributed by atoms with E-state index in [2.05, 4.69) is 39.2 Å². The summed E-state index contributed by atoms with van der Waals surface area (Å²) >= 11 is 3.56. The van der Waals surface area contributed by atoms with Crippen molar-refractivity contribution in [2.75, 3.05) is 0 Å². The van der Waals surface area contributed by atoms with Crippen LogP contribution in [0.5, 0.6) is 0 Å². The van der Waals surface area contributed by atoms with Crippen molar-refractivity contribution in [2.45, 2.75) is 12.5 Å². The lowest BCUT2D eigenvalue weighted by Gasteiger charge is -2.12. The van der Waals surface area contributed by atoms with E-state index in [1.165, 1.54) is 5.39 Å². The van der Waals surface area contributed by atoms with Gasteiger partial charge >= 0.3 is 0 Å². The van der Waals surface area contributed by atoms with Crippen molar-refractivity contribution in [3.8, 4) is 0 Å². The van der Waals surface area contributed by atoms with Crippen LogP contribution in [-0.2, 0) is 13.5 Å². The first kappa shape index (κ1) is 13.3. The van der Waals surface area contributed by atoms with Gasteiger partial charge in [-0.3, -0.25) is 4.68 Å². The van der Waals surface area contributed by atoms with E-state index in [1.807, 2.05) is 42.1 Å². The number of halogens is 1. The summed E-state index contributed by atoms with van der Waals surface area (Å²) in [6, 6.07) is 16.3. The molecule has 1 aromatic heterocycles. The standard InChI is InChI=1S/C16H16BrN3/c1-20-16-9-5-3-7-12(16)15(19-20)10-14(18)11-6-2-4-8-13(11)17/h2-9,14H,10,18H2,1H3. The third-order valence-electron chi connectivity index (χ3n) is 3.55. The fourth-order valence-electron chi connectivity index (χ4n) is 2.53. The fraction of sp³-hybridized carbons (Fsp3) is 0.188. The smallest absolute Gasteiger partial charge is 0.0722 e. The highest BCUT2D eigenvalue weighted by Gasteiger charge is 2.15. The van der Waals surface area contributed by atoms with Crippen molar-refractivity contribution in [1.82, 2.24) is 9.78 Å². The molecule has 0 bridgehead atoms. The van der Waals surface area contributed by atoms with Gasteiger partial charge in [-0.15, -0.1) is 0 Å². The van der Waals surface area contributed by atoms with Crippen LogP contribution in [0.15, 0.2) is 53.0 Å². The summed E-state index contributed by atoms with van der Waals surface area (Å²) in [5, 5.41) is 5.78. The molecule has 0 saturated carbocycles. The lowest BCUT2D eigenvalue weighted by molar-refractivity contribution is 0.680. The highest BCUT2D eigenvalue weighted by Crippen LogP contribution is 2.26. The van der Waals surface area contributed by atoms with Gasteiger partial charge in [0.05, 0.1) is 11.2 Å². The van der Waals surface area contributed by atoms with Crippen molar-refractivity contribution in [1.29, 1.82) is 0 Å². The fourth-order valence-corrected chi connectivity index (χ4v) is 3.11. The average molecular weight is 330 g/mol. The third-order valence-corrected chi connectivity index (χ3v) is 4.27. The summed E-state index contributed by atoms with van der Waals surface area (Å²) in [7, 11) is 1.97. The number of nitrogens with two attached hydrogens (primary N) is 1. The van der Waals surface area contributed by atoms with Gasteiger partial charge in [-0.25, -0.2) is 0 Å². The Morgan fingerprint density at radius 1 is 1.15 bits per heavy atom. The highest BCUT2D eigenvalue weighted by atomic mass is 79.9. The van der Waals surface area contributed by atoms with Crippen molar-refractivity contribution in [3.63, 3.8) is 0 Å². The maximum atomic E-state index is 6.35. The molecule has 0 aliphatic heterocycles. The van der Waals surface area contributed by atoms with Gasteiger partial charge in [-0.05, 0) is 17.7 Å². The summed E-state index contributed by atoms with van der Waals surface area (Å²) in [5.41, 5.74) is 9.65. The molecule has 102 valence electrons. The van der Waals surface area contributed by atoms with E-state index in [9.17, 15) is 0 Å². The van der Waals surface area contributed by atoms with Crippen LogP contribution in [0, 0.1) is 0 Å². The van der Waals surface area contributed by atoms with Crippen molar-refractivity contribution < 1.29 is 0 Å². The molecular formula is C16H16BrN3. The van der Waals surface area contributed by atoms with Crippen LogP contribution in [0.3, 0.4) is 0 Å². The Kier molecular flexibility index (Phi) is 3.59. The molecule has 3 rings (SSSR count). The van der Waals surface area contributed by atoms with Crippen molar-refractivity contribution in [2.24, 2.45) is 12.8 Å². The van der Waals surface area contributed by atoms with Crippen LogP contribution >= 0.6 is 15.9 Å². The van der Waals surface area contributed by atoms with Gasteiger partial charge in [0.25, 0.3) is 0 Å². The first-order valence-corrected chi connectivity index (χ1v) is 7.36. The van der Waals surface area contributed by atoms with Gasteiger partial charge in [0.15, 0.2) is 0 Å². The second-order valence-corrected chi connectivity index (χ2v) is 5.77. The summed E-state index contributed by atoms with van der Waals surface area (Å²) in [4.78, 5) is 0. The van der Waals surface area contributed by atoms with E-state index in [0.717, 1.165) is 27.7 Å². The predicted octanol–water partition coefficient (Wildman–Crippen LogP) is 3.58. The second kappa shape index (κ2) is 5.38. The van der Waals surface area contributed by atoms with E-state index >= 15 is 0 Å². The van der Waals surface area contributed by atoms with Gasteiger partial charge < -0.3 is 5.73 Å². The summed E-state index contributed by atoms with van der Waals surface area (Å²) in [6.45, 7) is 0. The lowest BCUT2D eigenvalue weighted by Crippen LogP contribution is -2.14. The Morgan fingerprint density at radius 2 is 1.85 bits per heavy atom. The molecular weight excluding hydrogens is 314 g/mol. The topological polar surface area (TPSA) is 43.8 Å². The molecule has 0 saturated heterocycles. The largest absolute Gasteiger partial charge is 0.324 e. The number of para-hydroxylation sites is 1. The molecule has 0 aliphatic rings. The van der Waals surface area contributed by atoms with E-state index < -0.39 is 0 Å². The van der Waals surface area contributed by atoms with Crippen LogP contribution in [0.1, 0.15) is 17.3 Å². The SMILES string of the molecule is Cn1nc(CC(N)c2ccccc2Br)c2ccccc21. The van der Waals surface area contributed by atoms with Gasteiger partial charge in [0.1, 0.15) is 0 Å². The molecule has 3 aromatic rings. The molecule has 4 heteroatoms. The number of rotatable bonds is 3. The molecule has 3 nitrogen and oxygen atoms in total. The van der Waals surface area contributed by atoms with Gasteiger partial charge in [-0.2, -0.15) is 5.10 Å². The minimum Gasteiger partial charge on any atom is -0.324 e. The number of aryl methyl sites for hydroxylation is 1. The molecule has 1 unspecified atom stereocenters. The predicted molar refractivity (Wildman–Crippen MR) is 85.5 cm³/mol. The monoisotopic (exact) mass is 329 g/mol. The van der Waals surface area contributed by atoms with Gasteiger partial charge in [0.2, 0.25) is 0 Å². The summed E-state index contributed by atoms with van der Waals surface area (Å²) < 4.78 is 2.96. The Labute approximate surface area is 126 Å². The van der Waals surface area contributed by atoms with Crippen molar-refractivity contribution >= 4 is 26.8 Å². The Bertz CT molecular complexity index is 748. The van der Waals surface area contributed by atoms with Gasteiger partial charge in [-0.1, -0.05) is 52.3 Å². The van der Waals surface area contributed by atoms with E-state index in [-0.39, 0.29) is 6.04 Å². The Balaban J connectivity index is 1.96. The second-order valence-electron chi connectivity index (χ2n) is 4.92. The van der Waals surface area contributed by atoms with Gasteiger partial charge in [0, 0.05) is 29.4 Å². The average Bonchev–Trinajstić information content (AvgIpc) is 2.76. The Morgan fingerprint density at radius 3 is 2.65 bits per heavy atom. The molecule has 20 heavy (non-hydrogen) atoms. The van der Waals surface area contributed by atoms with Crippen LogP contribution < -0.4 is 5.73 Å². The minimum absolute atomic E-state index is 0.0659. The number of fused-ring (bicyclic) bond motifs is 1. The Hall–Kier alpha value is -1.65. The number of hydrogen-bond donors (Lipinski definition) is 1. The number of nitrogens with zero attached hydrogens (tertiary/aromatic N) is 2. The number of benzene rings is 2. The van der Waals surface area contributed by atoms with Crippen LogP contribution in [0.25, 0.3) is 10.9 Å². The zero-order chi connectivity index (χ0) is 14.1. The first-order valence-electron chi connectivity index (χ1n) is 6.57. The number of hydrogen-bond acceptors (Lipinski definition) is 2. The molecule has 0 radical (unpaired) electrons. The molecule has 2 N–H and O–H groups in total. The van der Waals surface area contributed by atoms with E-state index in [4.69, 9.17) is 5.73 Å². The van der Waals surface area contributed by atoms with Crippen LogP contribution in [0.2, 0.25) is 0 Å². The lowest BCUT2D eigenvalue weighted by atomic mass is 10.0. The molecule has 0 fully saturated rings. The van der Waals surface area contributed by atoms with Crippen LogP contribution in [-0.4, -0.2) is 9.78 Å². The third kappa shape index (κ3) is 2.37. The summed E-state index contributed by atoms with van der Waals surface area (Å²) in [6.07, 6.45) is 0.726. The number of aromatic nitrogens is 2. The van der Waals surface area contributed by atoms with E-state index in [1.54, 1.807) is 0 Å². The quantitative estimate of drug-likeness (QED) is 0.798. The normalized spacial score (nSPS) is 12.8. The zero-order valence-electron chi connectivity index (χ0n) is 11.3. The molecule has 0 amide bonds. The summed E-state index contributed by atoms with van der Waals surface area (Å²) in [5.74, 6) is 0. The van der Waals surface area contributed by atoms with E-state index in [0.29, 0.717) is 0 Å². The molecule has 0 aliphatic carbocycles. The highest BCUT2D eigenvalue weighted by molar-refractivity contribution is 9.10. The zero-order valence-corrected chi connectivity index (χ0v) is 12.8. The first-order chi connectivity index (χ1) is 9.66. The van der Waals surface area contributed by atoms with Crippen LogP contribution in [0.4, 0.5) is 0 Å². The molecule has 2 aromatic carbocycles. The molecule has 0 spiro atoms. The molecule has 1 heterocycles. The maximum Gasteiger partial charge on any atom is 0.0722 e. The minimum atomic E-state index is -0.0659.